The van der Waals surface area contributed by atoms with Crippen molar-refractivity contribution >= 4 is 28.6 Å². The Balaban J connectivity index is 1.80. The highest BCUT2D eigenvalue weighted by molar-refractivity contribution is 6.74. The first-order valence-corrected chi connectivity index (χ1v) is 23.2. The monoisotopic (exact) mass is 648 g/mol. The molecule has 0 N–H and O–H groups in total. The van der Waals surface area contributed by atoms with Gasteiger partial charge in [0.1, 0.15) is 12.2 Å². The average Bonchev–Trinajstić information content (AvgIpc) is 2.86. The van der Waals surface area contributed by atoms with Gasteiger partial charge >= 0.3 is 11.9 Å². The average molecular weight is 649 g/mol. The summed E-state index contributed by atoms with van der Waals surface area (Å²) in [6, 6.07) is 0. The van der Waals surface area contributed by atoms with E-state index in [0.717, 1.165) is 38.5 Å². The summed E-state index contributed by atoms with van der Waals surface area (Å²) in [5.41, 5.74) is 1.23. The summed E-state index contributed by atoms with van der Waals surface area (Å²) in [5, 5.41) is 0.185. The minimum atomic E-state index is -2.02. The van der Waals surface area contributed by atoms with Crippen molar-refractivity contribution in [1.29, 1.82) is 0 Å². The molecular formula is C36H64O6Si2. The van der Waals surface area contributed by atoms with Crippen molar-refractivity contribution in [2.24, 2.45) is 17.8 Å². The minimum absolute atomic E-state index is 0.0677. The van der Waals surface area contributed by atoms with Gasteiger partial charge in [-0.3, -0.25) is 9.59 Å². The Morgan fingerprint density at radius 1 is 0.955 bits per heavy atom. The summed E-state index contributed by atoms with van der Waals surface area (Å²) in [5.74, 6) is 0.486. The van der Waals surface area contributed by atoms with E-state index in [4.69, 9.17) is 18.3 Å². The van der Waals surface area contributed by atoms with Crippen molar-refractivity contribution in [2.45, 2.75) is 174 Å². The van der Waals surface area contributed by atoms with Crippen LogP contribution in [-0.4, -0.2) is 53.0 Å². The number of fused-ring (bicyclic) bond motifs is 1. The Morgan fingerprint density at radius 3 is 2.20 bits per heavy atom. The molecule has 0 aromatic heterocycles. The van der Waals surface area contributed by atoms with Crippen LogP contribution >= 0.6 is 0 Å². The van der Waals surface area contributed by atoms with Crippen LogP contribution in [0.25, 0.3) is 0 Å². The standard InChI is InChI=1S/C36H64O6Si2/c1-13-14-15-16-32(37)40-31-23-28(41-43(9,10)35(3,4)5)21-26-18-17-25(2)30(34(26)31)20-19-27-22-29(24-33(38)39-27)42-44(11,12)36(6,7)8/h17-18,21,25,27-31,34H,13-16,19-20,22-24H2,1-12H3/t25-,27-,28+,29+,30-,31-,34-/m0/s1. The Hall–Kier alpha value is -1.23. The van der Waals surface area contributed by atoms with E-state index in [1.54, 1.807) is 0 Å². The maximum atomic E-state index is 13.1. The maximum absolute atomic E-state index is 13.1. The van der Waals surface area contributed by atoms with Gasteiger partial charge < -0.3 is 18.3 Å². The summed E-state index contributed by atoms with van der Waals surface area (Å²) in [4.78, 5) is 25.8. The molecule has 44 heavy (non-hydrogen) atoms. The van der Waals surface area contributed by atoms with Gasteiger partial charge in [0, 0.05) is 25.2 Å². The second-order valence-electron chi connectivity index (χ2n) is 16.8. The zero-order valence-corrected chi connectivity index (χ0v) is 32.1. The molecule has 252 valence electrons. The molecule has 0 radical (unpaired) electrons. The lowest BCUT2D eigenvalue weighted by Crippen LogP contribution is -2.48. The molecule has 3 aliphatic rings. The van der Waals surface area contributed by atoms with Crippen molar-refractivity contribution in [1.82, 2.24) is 0 Å². The number of cyclic esters (lactones) is 1. The molecule has 0 aromatic carbocycles. The largest absolute Gasteiger partial charge is 0.462 e. The van der Waals surface area contributed by atoms with E-state index in [-0.39, 0.29) is 58.3 Å². The number of ether oxygens (including phenoxy) is 2. The van der Waals surface area contributed by atoms with E-state index in [9.17, 15) is 9.59 Å². The molecule has 1 saturated heterocycles. The van der Waals surface area contributed by atoms with Crippen LogP contribution in [0.3, 0.4) is 0 Å². The van der Waals surface area contributed by atoms with Crippen molar-refractivity contribution in [3.8, 4) is 0 Å². The first-order chi connectivity index (χ1) is 20.2. The maximum Gasteiger partial charge on any atom is 0.308 e. The molecule has 0 amide bonds. The summed E-state index contributed by atoms with van der Waals surface area (Å²) in [6.07, 6.45) is 13.3. The van der Waals surface area contributed by atoms with Gasteiger partial charge in [-0.1, -0.05) is 86.5 Å². The molecule has 1 heterocycles. The van der Waals surface area contributed by atoms with Crippen molar-refractivity contribution in [3.05, 3.63) is 23.8 Å². The Bertz CT molecular complexity index is 1050. The molecule has 3 rings (SSSR count). The molecular weight excluding hydrogens is 585 g/mol. The van der Waals surface area contributed by atoms with Crippen LogP contribution in [0.15, 0.2) is 23.8 Å². The Labute approximate surface area is 271 Å². The molecule has 1 aliphatic heterocycles. The molecule has 8 heteroatoms. The molecule has 2 aliphatic carbocycles. The summed E-state index contributed by atoms with van der Waals surface area (Å²) in [7, 11) is -4.02. The third-order valence-electron chi connectivity index (χ3n) is 11.2. The van der Waals surface area contributed by atoms with E-state index < -0.39 is 16.6 Å². The molecule has 0 spiro atoms. The number of unbranched alkanes of at least 4 members (excludes halogenated alkanes) is 2. The van der Waals surface area contributed by atoms with Crippen LogP contribution in [-0.2, 0) is 27.9 Å². The van der Waals surface area contributed by atoms with Crippen molar-refractivity contribution < 1.29 is 27.9 Å². The van der Waals surface area contributed by atoms with Gasteiger partial charge in [-0.25, -0.2) is 0 Å². The molecule has 0 bridgehead atoms. The van der Waals surface area contributed by atoms with E-state index in [1.165, 1.54) is 5.57 Å². The van der Waals surface area contributed by atoms with Crippen LogP contribution in [0.1, 0.15) is 113 Å². The van der Waals surface area contributed by atoms with Gasteiger partial charge in [0.15, 0.2) is 16.6 Å². The Morgan fingerprint density at radius 2 is 1.59 bits per heavy atom. The quantitative estimate of drug-likeness (QED) is 0.119. The number of esters is 2. The second kappa shape index (κ2) is 14.7. The van der Waals surface area contributed by atoms with Crippen LogP contribution in [0.2, 0.25) is 36.3 Å². The van der Waals surface area contributed by atoms with Crippen LogP contribution < -0.4 is 0 Å². The SMILES string of the molecule is CCCCCC(=O)O[C@H]1C[C@H](O[Si](C)(C)C(C)(C)C)C=C2C=C[C@H](C)[C@H](CC[C@H]3C[C@@H](O[Si](C)(C)C(C)(C)C)CC(=O)O3)[C@H]21. The van der Waals surface area contributed by atoms with Crippen LogP contribution in [0, 0.1) is 17.8 Å². The lowest BCUT2D eigenvalue weighted by Gasteiger charge is -2.46. The Kier molecular flexibility index (Phi) is 12.4. The van der Waals surface area contributed by atoms with Crippen molar-refractivity contribution in [3.63, 3.8) is 0 Å². The number of carbonyl (C=O) groups excluding carboxylic acids is 2. The molecule has 0 aromatic rings. The smallest absolute Gasteiger partial charge is 0.308 e. The molecule has 0 unspecified atom stereocenters. The fourth-order valence-corrected chi connectivity index (χ4v) is 9.08. The van der Waals surface area contributed by atoms with Gasteiger partial charge in [0.05, 0.1) is 18.6 Å². The van der Waals surface area contributed by atoms with E-state index in [1.807, 2.05) is 0 Å². The minimum Gasteiger partial charge on any atom is -0.462 e. The summed E-state index contributed by atoms with van der Waals surface area (Å²) < 4.78 is 25.8. The number of carbonyl (C=O) groups is 2. The van der Waals surface area contributed by atoms with Crippen molar-refractivity contribution in [2.75, 3.05) is 0 Å². The van der Waals surface area contributed by atoms with E-state index >= 15 is 0 Å². The first-order valence-electron chi connectivity index (χ1n) is 17.4. The highest BCUT2D eigenvalue weighted by Crippen LogP contribution is 2.47. The van der Waals surface area contributed by atoms with Crippen LogP contribution in [0.5, 0.6) is 0 Å². The highest BCUT2D eigenvalue weighted by atomic mass is 28.4. The predicted octanol–water partition coefficient (Wildman–Crippen LogP) is 9.51. The lowest BCUT2D eigenvalue weighted by molar-refractivity contribution is -0.161. The third kappa shape index (κ3) is 9.65. The lowest BCUT2D eigenvalue weighted by atomic mass is 9.66. The molecule has 1 fully saturated rings. The number of hydrogen-bond acceptors (Lipinski definition) is 6. The second-order valence-corrected chi connectivity index (χ2v) is 26.4. The molecule has 0 saturated carbocycles. The van der Waals surface area contributed by atoms with Gasteiger partial charge in [0.2, 0.25) is 0 Å². The third-order valence-corrected chi connectivity index (χ3v) is 20.2. The fraction of sp³-hybridized carbons (Fsp3) is 0.833. The molecule has 6 nitrogen and oxygen atoms in total. The zero-order chi connectivity index (χ0) is 33.1. The molecule has 7 atom stereocenters. The summed E-state index contributed by atoms with van der Waals surface area (Å²) >= 11 is 0. The van der Waals surface area contributed by atoms with Crippen LogP contribution in [0.4, 0.5) is 0 Å². The normalized spacial score (nSPS) is 30.0. The van der Waals surface area contributed by atoms with Gasteiger partial charge in [0.25, 0.3) is 0 Å². The van der Waals surface area contributed by atoms with Gasteiger partial charge in [-0.15, -0.1) is 0 Å². The predicted molar refractivity (Wildman–Crippen MR) is 184 cm³/mol. The number of rotatable bonds is 12. The number of allylic oxidation sites excluding steroid dienone is 2. The van der Waals surface area contributed by atoms with Gasteiger partial charge in [-0.2, -0.15) is 0 Å². The fourth-order valence-electron chi connectivity index (χ4n) is 6.44. The first kappa shape index (κ1) is 37.2. The van der Waals surface area contributed by atoms with E-state index in [0.29, 0.717) is 25.2 Å². The van der Waals surface area contributed by atoms with Gasteiger partial charge in [-0.05, 0) is 72.9 Å². The topological polar surface area (TPSA) is 71.1 Å². The van der Waals surface area contributed by atoms with E-state index in [2.05, 4.69) is 99.8 Å². The zero-order valence-electron chi connectivity index (χ0n) is 30.1. The summed E-state index contributed by atoms with van der Waals surface area (Å²) in [6.45, 7) is 27.0. The number of hydrogen-bond donors (Lipinski definition) is 0. The highest BCUT2D eigenvalue weighted by Gasteiger charge is 2.46.